The van der Waals surface area contributed by atoms with E-state index in [4.69, 9.17) is 5.11 Å². The molecule has 1 atom stereocenters. The highest BCUT2D eigenvalue weighted by atomic mass is 32.2. The van der Waals surface area contributed by atoms with Crippen molar-refractivity contribution in [3.63, 3.8) is 0 Å². The first-order chi connectivity index (χ1) is 12.4. The number of fused-ring (bicyclic) bond motifs is 1. The molecule has 1 aromatic carbocycles. The number of hydrogen-bond donors (Lipinski definition) is 2. The normalized spacial score (nSPS) is 16.1. The standard InChI is InChI=1S/C17H11FN2O5S/c18-10-3-9(5-19-6-10)8-1-2-11-12(4-8)26-17(25)14(15(11)23)16(24)20-7-13(21)22/h1-6,14H,7H2,(H,20,24)(H,21,22). The first-order valence-electron chi connectivity index (χ1n) is 7.37. The van der Waals surface area contributed by atoms with Crippen LogP contribution in [0, 0.1) is 11.7 Å². The van der Waals surface area contributed by atoms with Crippen molar-refractivity contribution in [1.29, 1.82) is 0 Å². The summed E-state index contributed by atoms with van der Waals surface area (Å²) >= 11 is 0.717. The van der Waals surface area contributed by atoms with Gasteiger partial charge in [-0.25, -0.2) is 4.39 Å². The summed E-state index contributed by atoms with van der Waals surface area (Å²) in [5.74, 6) is -5.03. The number of rotatable bonds is 4. The number of hydrogen-bond acceptors (Lipinski definition) is 6. The minimum absolute atomic E-state index is 0.179. The van der Waals surface area contributed by atoms with Crippen LogP contribution in [0.3, 0.4) is 0 Å². The zero-order valence-electron chi connectivity index (χ0n) is 13.1. The molecule has 2 N–H and O–H groups in total. The van der Waals surface area contributed by atoms with Crippen molar-refractivity contribution >= 4 is 34.5 Å². The number of pyridine rings is 1. The molecule has 2 aromatic rings. The molecule has 9 heteroatoms. The minimum atomic E-state index is -1.59. The van der Waals surface area contributed by atoms with E-state index in [2.05, 4.69) is 4.98 Å². The van der Waals surface area contributed by atoms with Crippen molar-refractivity contribution in [2.24, 2.45) is 5.92 Å². The van der Waals surface area contributed by atoms with E-state index in [1.54, 1.807) is 12.1 Å². The van der Waals surface area contributed by atoms with E-state index < -0.39 is 41.1 Å². The van der Waals surface area contributed by atoms with Gasteiger partial charge in [0.2, 0.25) is 11.0 Å². The van der Waals surface area contributed by atoms with Crippen LogP contribution >= 0.6 is 11.8 Å². The second kappa shape index (κ2) is 7.04. The van der Waals surface area contributed by atoms with Crippen LogP contribution < -0.4 is 5.32 Å². The molecule has 1 amide bonds. The Labute approximate surface area is 150 Å². The van der Waals surface area contributed by atoms with Crippen molar-refractivity contribution in [3.05, 3.63) is 48.0 Å². The van der Waals surface area contributed by atoms with Gasteiger partial charge in [0, 0.05) is 22.2 Å². The number of thioether (sulfide) groups is 1. The van der Waals surface area contributed by atoms with Gasteiger partial charge in [-0.1, -0.05) is 6.07 Å². The summed E-state index contributed by atoms with van der Waals surface area (Å²) in [7, 11) is 0. The van der Waals surface area contributed by atoms with Crippen LogP contribution in [0.25, 0.3) is 11.1 Å². The fourth-order valence-corrected chi connectivity index (χ4v) is 3.49. The fourth-order valence-electron chi connectivity index (χ4n) is 2.48. The molecule has 26 heavy (non-hydrogen) atoms. The quantitative estimate of drug-likeness (QED) is 0.780. The molecule has 0 bridgehead atoms. The van der Waals surface area contributed by atoms with E-state index in [1.165, 1.54) is 18.3 Å². The second-order valence-corrected chi connectivity index (χ2v) is 6.48. The van der Waals surface area contributed by atoms with Gasteiger partial charge in [-0.2, -0.15) is 0 Å². The number of halogens is 1. The minimum Gasteiger partial charge on any atom is -0.480 e. The highest BCUT2D eigenvalue weighted by Crippen LogP contribution is 2.37. The molecule has 1 aromatic heterocycles. The second-order valence-electron chi connectivity index (χ2n) is 5.43. The molecule has 1 unspecified atom stereocenters. The van der Waals surface area contributed by atoms with E-state index in [0.717, 1.165) is 18.0 Å². The third kappa shape index (κ3) is 3.47. The van der Waals surface area contributed by atoms with Gasteiger partial charge in [0.05, 0.1) is 6.20 Å². The van der Waals surface area contributed by atoms with Crippen LogP contribution in [0.15, 0.2) is 41.6 Å². The number of Topliss-reactive ketones (excluding diaryl/α,β-unsaturated/α-hetero) is 1. The highest BCUT2D eigenvalue weighted by Gasteiger charge is 2.40. The van der Waals surface area contributed by atoms with Crippen LogP contribution in [0.1, 0.15) is 10.4 Å². The number of carbonyl (C=O) groups excluding carboxylic acids is 3. The lowest BCUT2D eigenvalue weighted by molar-refractivity contribution is -0.139. The Hall–Kier alpha value is -3.07. The van der Waals surface area contributed by atoms with Gasteiger partial charge < -0.3 is 10.4 Å². The third-order valence-electron chi connectivity index (χ3n) is 3.67. The lowest BCUT2D eigenvalue weighted by atomic mass is 9.95. The number of aromatic nitrogens is 1. The highest BCUT2D eigenvalue weighted by molar-refractivity contribution is 8.14. The number of ketones is 1. The molecule has 0 radical (unpaired) electrons. The van der Waals surface area contributed by atoms with Gasteiger partial charge in [0.25, 0.3) is 0 Å². The maximum atomic E-state index is 13.3. The van der Waals surface area contributed by atoms with Gasteiger partial charge >= 0.3 is 5.97 Å². The predicted octanol–water partition coefficient (Wildman–Crippen LogP) is 1.52. The Kier molecular flexibility index (Phi) is 4.81. The number of carbonyl (C=O) groups is 4. The molecule has 0 aliphatic carbocycles. The molecule has 3 rings (SSSR count). The Morgan fingerprint density at radius 2 is 1.96 bits per heavy atom. The molecule has 0 spiro atoms. The van der Waals surface area contributed by atoms with Crippen molar-refractivity contribution in [2.45, 2.75) is 4.90 Å². The zero-order chi connectivity index (χ0) is 18.8. The van der Waals surface area contributed by atoms with Crippen molar-refractivity contribution < 1.29 is 28.7 Å². The molecule has 0 saturated carbocycles. The first-order valence-corrected chi connectivity index (χ1v) is 8.19. The summed E-state index contributed by atoms with van der Waals surface area (Å²) < 4.78 is 13.3. The largest absolute Gasteiger partial charge is 0.480 e. The molecule has 0 fully saturated rings. The van der Waals surface area contributed by atoms with Crippen LogP contribution in [0.4, 0.5) is 4.39 Å². The van der Waals surface area contributed by atoms with Gasteiger partial charge in [-0.05, 0) is 35.5 Å². The van der Waals surface area contributed by atoms with Gasteiger partial charge in [0.15, 0.2) is 11.7 Å². The van der Waals surface area contributed by atoms with Crippen molar-refractivity contribution in [1.82, 2.24) is 10.3 Å². The SMILES string of the molecule is O=C(O)CNC(=O)C1C(=O)Sc2cc(-c3cncc(F)c3)ccc2C1=O. The van der Waals surface area contributed by atoms with Gasteiger partial charge in [0.1, 0.15) is 12.4 Å². The molecular weight excluding hydrogens is 363 g/mol. The van der Waals surface area contributed by atoms with E-state index in [-0.39, 0.29) is 5.56 Å². The number of benzene rings is 1. The summed E-state index contributed by atoms with van der Waals surface area (Å²) in [6, 6.07) is 5.84. The molecule has 0 saturated heterocycles. The van der Waals surface area contributed by atoms with E-state index >= 15 is 0 Å². The van der Waals surface area contributed by atoms with Crippen LogP contribution in [0.2, 0.25) is 0 Å². The van der Waals surface area contributed by atoms with Crippen molar-refractivity contribution in [2.75, 3.05) is 6.54 Å². The maximum Gasteiger partial charge on any atom is 0.322 e. The molecule has 1 aliphatic heterocycles. The number of nitrogens with one attached hydrogen (secondary N) is 1. The molecule has 1 aliphatic rings. The number of carboxylic acid groups (broad SMARTS) is 1. The summed E-state index contributed by atoms with van der Waals surface area (Å²) in [6.45, 7) is -0.682. The lowest BCUT2D eigenvalue weighted by Gasteiger charge is -2.21. The third-order valence-corrected chi connectivity index (χ3v) is 4.66. The van der Waals surface area contributed by atoms with Crippen LogP contribution in [-0.4, -0.2) is 39.4 Å². The Bertz CT molecular complexity index is 947. The Morgan fingerprint density at radius 3 is 2.65 bits per heavy atom. The number of amides is 1. The van der Waals surface area contributed by atoms with E-state index in [0.29, 0.717) is 16.0 Å². The van der Waals surface area contributed by atoms with E-state index in [1.807, 2.05) is 5.32 Å². The fraction of sp³-hybridized carbons (Fsp3) is 0.118. The monoisotopic (exact) mass is 374 g/mol. The lowest BCUT2D eigenvalue weighted by Crippen LogP contribution is -2.42. The molecule has 7 nitrogen and oxygen atoms in total. The summed E-state index contributed by atoms with van der Waals surface area (Å²) in [5.41, 5.74) is 1.23. The molecule has 132 valence electrons. The number of nitrogens with zero attached hydrogens (tertiary/aromatic N) is 1. The van der Waals surface area contributed by atoms with Gasteiger partial charge in [-0.3, -0.25) is 24.2 Å². The van der Waals surface area contributed by atoms with E-state index in [9.17, 15) is 23.6 Å². The number of carboxylic acids is 1. The average Bonchev–Trinajstić information content (AvgIpc) is 2.59. The van der Waals surface area contributed by atoms with Crippen LogP contribution in [-0.2, 0) is 14.4 Å². The molecular formula is C17H11FN2O5S. The first kappa shape index (κ1) is 17.7. The van der Waals surface area contributed by atoms with Crippen molar-refractivity contribution in [3.8, 4) is 11.1 Å². The number of aliphatic carboxylic acids is 1. The predicted molar refractivity (Wildman–Crippen MR) is 89.0 cm³/mol. The van der Waals surface area contributed by atoms with Crippen LogP contribution in [0.5, 0.6) is 0 Å². The maximum absolute atomic E-state index is 13.3. The summed E-state index contributed by atoms with van der Waals surface area (Å²) in [5, 5.41) is 9.94. The summed E-state index contributed by atoms with van der Waals surface area (Å²) in [4.78, 5) is 51.3. The van der Waals surface area contributed by atoms with Gasteiger partial charge in [-0.15, -0.1) is 0 Å². The Balaban J connectivity index is 1.90. The zero-order valence-corrected chi connectivity index (χ0v) is 13.9. The summed E-state index contributed by atoms with van der Waals surface area (Å²) in [6.07, 6.45) is 2.51. The smallest absolute Gasteiger partial charge is 0.322 e. The Morgan fingerprint density at radius 1 is 1.19 bits per heavy atom. The topological polar surface area (TPSA) is 113 Å². The molecule has 2 heterocycles. The average molecular weight is 374 g/mol.